The Morgan fingerprint density at radius 2 is 1.00 bits per heavy atom. The van der Waals surface area contributed by atoms with Crippen molar-refractivity contribution in [3.8, 4) is 0 Å². The molecule has 0 aliphatic heterocycles. The highest BCUT2D eigenvalue weighted by Gasteiger charge is 2.63. The van der Waals surface area contributed by atoms with Gasteiger partial charge >= 0.3 is 30.5 Å². The number of carboxylic acids is 1. The van der Waals surface area contributed by atoms with Crippen LogP contribution in [0.15, 0.2) is 0 Å². The number of carbonyl (C=O) groups is 1. The first kappa shape index (κ1) is 30.9. The number of aliphatic carboxylic acids is 1. The standard InChI is InChI=1S/C21H34F8O3/c22-18(23)20(26,27)32-21(28,29)19(24,25)16-14-12-10-8-6-4-2-1-3-5-7-9-11-13-15-17(30)31/h18H,1-16H2,(H,30,31). The van der Waals surface area contributed by atoms with Gasteiger partial charge in [-0.2, -0.15) is 26.3 Å². The van der Waals surface area contributed by atoms with Crippen molar-refractivity contribution in [1.82, 2.24) is 0 Å². The predicted molar refractivity (Wildman–Crippen MR) is 103 cm³/mol. The maximum Gasteiger partial charge on any atom is 0.423 e. The molecule has 0 spiro atoms. The Labute approximate surface area is 183 Å². The number of hydrogen-bond acceptors (Lipinski definition) is 2. The van der Waals surface area contributed by atoms with Gasteiger partial charge in [-0.1, -0.05) is 77.0 Å². The third kappa shape index (κ3) is 14.1. The number of ether oxygens (including phenoxy) is 1. The lowest BCUT2D eigenvalue weighted by Crippen LogP contribution is -2.49. The molecular formula is C21H34F8O3. The van der Waals surface area contributed by atoms with Crippen LogP contribution < -0.4 is 0 Å². The van der Waals surface area contributed by atoms with Crippen molar-refractivity contribution in [1.29, 1.82) is 0 Å². The molecule has 0 bridgehead atoms. The third-order valence-electron chi connectivity index (χ3n) is 5.08. The van der Waals surface area contributed by atoms with Crippen LogP contribution in [-0.4, -0.2) is 35.6 Å². The molecule has 0 aliphatic carbocycles. The molecule has 192 valence electrons. The highest BCUT2D eigenvalue weighted by atomic mass is 19.3. The fourth-order valence-electron chi connectivity index (χ4n) is 3.18. The summed E-state index contributed by atoms with van der Waals surface area (Å²) in [5.41, 5.74) is 0. The Morgan fingerprint density at radius 1 is 0.656 bits per heavy atom. The Hall–Kier alpha value is -1.13. The first-order valence-corrected chi connectivity index (χ1v) is 11.2. The zero-order chi connectivity index (χ0) is 24.7. The normalized spacial score (nSPS) is 13.2. The molecule has 0 aromatic carbocycles. The molecule has 0 amide bonds. The third-order valence-corrected chi connectivity index (χ3v) is 5.08. The van der Waals surface area contributed by atoms with Gasteiger partial charge in [0.1, 0.15) is 0 Å². The minimum absolute atomic E-state index is 0.193. The summed E-state index contributed by atoms with van der Waals surface area (Å²) >= 11 is 0. The summed E-state index contributed by atoms with van der Waals surface area (Å²) in [6.45, 7) is 0. The van der Waals surface area contributed by atoms with E-state index in [2.05, 4.69) is 4.74 Å². The first-order chi connectivity index (χ1) is 14.8. The maximum absolute atomic E-state index is 13.4. The topological polar surface area (TPSA) is 46.5 Å². The second kappa shape index (κ2) is 15.7. The van der Waals surface area contributed by atoms with E-state index >= 15 is 0 Å². The second-order valence-corrected chi connectivity index (χ2v) is 8.03. The van der Waals surface area contributed by atoms with E-state index in [1.165, 1.54) is 0 Å². The maximum atomic E-state index is 13.4. The quantitative estimate of drug-likeness (QED) is 0.131. The van der Waals surface area contributed by atoms with E-state index < -0.39 is 37.0 Å². The molecule has 0 heterocycles. The minimum Gasteiger partial charge on any atom is -0.481 e. The van der Waals surface area contributed by atoms with Crippen molar-refractivity contribution >= 4 is 5.97 Å². The molecule has 0 aromatic rings. The lowest BCUT2D eigenvalue weighted by molar-refractivity contribution is -0.450. The molecule has 1 N–H and O–H groups in total. The Bertz CT molecular complexity index is 501. The van der Waals surface area contributed by atoms with Crippen molar-refractivity contribution in [3.05, 3.63) is 0 Å². The van der Waals surface area contributed by atoms with Crippen molar-refractivity contribution in [2.45, 2.75) is 127 Å². The van der Waals surface area contributed by atoms with Gasteiger partial charge in [0.05, 0.1) is 0 Å². The molecule has 0 aliphatic rings. The van der Waals surface area contributed by atoms with Crippen LogP contribution in [0.3, 0.4) is 0 Å². The summed E-state index contributed by atoms with van der Waals surface area (Å²) in [7, 11) is 0. The molecule has 0 rings (SSSR count). The van der Waals surface area contributed by atoms with E-state index in [-0.39, 0.29) is 19.3 Å². The zero-order valence-corrected chi connectivity index (χ0v) is 18.2. The number of carboxylic acid groups (broad SMARTS) is 1. The van der Waals surface area contributed by atoms with Gasteiger partial charge in [-0.15, -0.1) is 0 Å². The van der Waals surface area contributed by atoms with E-state index in [0.717, 1.165) is 64.2 Å². The largest absolute Gasteiger partial charge is 0.481 e. The van der Waals surface area contributed by atoms with E-state index in [0.29, 0.717) is 12.8 Å². The number of alkyl halides is 8. The van der Waals surface area contributed by atoms with Crippen molar-refractivity contribution < 1.29 is 49.8 Å². The monoisotopic (exact) mass is 486 g/mol. The molecule has 0 atom stereocenters. The van der Waals surface area contributed by atoms with Crippen molar-refractivity contribution in [3.63, 3.8) is 0 Å². The molecule has 0 aromatic heterocycles. The van der Waals surface area contributed by atoms with E-state index in [9.17, 15) is 39.9 Å². The number of hydrogen-bond donors (Lipinski definition) is 1. The summed E-state index contributed by atoms with van der Waals surface area (Å²) in [6, 6.07) is 0. The Balaban J connectivity index is 3.68. The lowest BCUT2D eigenvalue weighted by atomic mass is 10.0. The highest BCUT2D eigenvalue weighted by Crippen LogP contribution is 2.43. The van der Waals surface area contributed by atoms with Crippen LogP contribution in [0.2, 0.25) is 0 Å². The fourth-order valence-corrected chi connectivity index (χ4v) is 3.18. The molecule has 0 saturated heterocycles. The van der Waals surface area contributed by atoms with Crippen LogP contribution >= 0.6 is 0 Å². The SMILES string of the molecule is O=C(O)CCCCCCCCCCCCCCCCC(F)(F)C(F)(F)OC(F)(F)C(F)F. The number of rotatable bonds is 21. The zero-order valence-electron chi connectivity index (χ0n) is 18.2. The average Bonchev–Trinajstić information content (AvgIpc) is 2.66. The molecule has 3 nitrogen and oxygen atoms in total. The van der Waals surface area contributed by atoms with Crippen LogP contribution in [0.4, 0.5) is 35.1 Å². The Kier molecular flexibility index (Phi) is 15.1. The van der Waals surface area contributed by atoms with Gasteiger partial charge < -0.3 is 5.11 Å². The molecule has 0 saturated carbocycles. The smallest absolute Gasteiger partial charge is 0.423 e. The molecule has 11 heteroatoms. The molecule has 32 heavy (non-hydrogen) atoms. The number of unbranched alkanes of at least 4 members (excludes halogenated alkanes) is 13. The van der Waals surface area contributed by atoms with Gasteiger partial charge in [0, 0.05) is 12.8 Å². The van der Waals surface area contributed by atoms with Crippen LogP contribution in [0.1, 0.15) is 103 Å². The van der Waals surface area contributed by atoms with Crippen LogP contribution in [0.5, 0.6) is 0 Å². The van der Waals surface area contributed by atoms with E-state index in [1.54, 1.807) is 0 Å². The van der Waals surface area contributed by atoms with E-state index in [4.69, 9.17) is 5.11 Å². The minimum atomic E-state index is -5.69. The van der Waals surface area contributed by atoms with Crippen molar-refractivity contribution in [2.24, 2.45) is 0 Å². The average molecular weight is 486 g/mol. The summed E-state index contributed by atoms with van der Waals surface area (Å²) < 4.78 is 104. The second-order valence-electron chi connectivity index (χ2n) is 8.03. The molecular weight excluding hydrogens is 452 g/mol. The van der Waals surface area contributed by atoms with Crippen LogP contribution in [-0.2, 0) is 9.53 Å². The number of halogens is 8. The van der Waals surface area contributed by atoms with Gasteiger partial charge in [0.25, 0.3) is 0 Å². The lowest BCUT2D eigenvalue weighted by Gasteiger charge is -2.29. The summed E-state index contributed by atoms with van der Waals surface area (Å²) in [5, 5.41) is 8.52. The predicted octanol–water partition coefficient (Wildman–Crippen LogP) is 8.42. The van der Waals surface area contributed by atoms with Crippen LogP contribution in [0.25, 0.3) is 0 Å². The Morgan fingerprint density at radius 3 is 1.34 bits per heavy atom. The first-order valence-electron chi connectivity index (χ1n) is 11.2. The summed E-state index contributed by atoms with van der Waals surface area (Å²) in [6.07, 6.45) is -6.29. The molecule has 0 fully saturated rings. The van der Waals surface area contributed by atoms with Gasteiger partial charge in [-0.25, -0.2) is 13.5 Å². The summed E-state index contributed by atoms with van der Waals surface area (Å²) in [4.78, 5) is 10.4. The van der Waals surface area contributed by atoms with Crippen LogP contribution in [0, 0.1) is 0 Å². The van der Waals surface area contributed by atoms with Gasteiger partial charge in [-0.05, 0) is 12.8 Å². The fraction of sp³-hybridized carbons (Fsp3) is 0.952. The van der Waals surface area contributed by atoms with Crippen molar-refractivity contribution in [2.75, 3.05) is 0 Å². The van der Waals surface area contributed by atoms with E-state index in [1.807, 2.05) is 0 Å². The van der Waals surface area contributed by atoms with Gasteiger partial charge in [0.15, 0.2) is 0 Å². The van der Waals surface area contributed by atoms with Gasteiger partial charge in [-0.3, -0.25) is 4.79 Å². The summed E-state index contributed by atoms with van der Waals surface area (Å²) in [5.74, 6) is -5.74. The highest BCUT2D eigenvalue weighted by molar-refractivity contribution is 5.66. The molecule has 0 radical (unpaired) electrons. The van der Waals surface area contributed by atoms with Gasteiger partial charge in [0.2, 0.25) is 0 Å². The molecule has 0 unspecified atom stereocenters.